The van der Waals surface area contributed by atoms with Crippen molar-refractivity contribution in [2.75, 3.05) is 13.7 Å². The van der Waals surface area contributed by atoms with Gasteiger partial charge in [0.2, 0.25) is 5.91 Å². The summed E-state index contributed by atoms with van der Waals surface area (Å²) in [6.07, 6.45) is -0.397. The van der Waals surface area contributed by atoms with E-state index in [1.807, 2.05) is 0 Å². The number of rotatable bonds is 5. The lowest BCUT2D eigenvalue weighted by Crippen LogP contribution is -2.32. The number of likely N-dealkylation sites (tertiary alicyclic amines) is 1. The fraction of sp³-hybridized carbons (Fsp3) is 0.357. The molecule has 6 heteroatoms. The Kier molecular flexibility index (Phi) is 4.02. The molecule has 0 bridgehead atoms. The maximum absolute atomic E-state index is 11.8. The van der Waals surface area contributed by atoms with Gasteiger partial charge in [-0.2, -0.15) is 0 Å². The Morgan fingerprint density at radius 3 is 2.75 bits per heavy atom. The van der Waals surface area contributed by atoms with E-state index in [1.54, 1.807) is 24.3 Å². The van der Waals surface area contributed by atoms with Crippen molar-refractivity contribution in [3.63, 3.8) is 0 Å². The van der Waals surface area contributed by atoms with E-state index in [2.05, 4.69) is 0 Å². The smallest absolute Gasteiger partial charge is 0.305 e. The quantitative estimate of drug-likeness (QED) is 0.812. The minimum atomic E-state index is -1.02. The lowest BCUT2D eigenvalue weighted by atomic mass is 10.0. The van der Waals surface area contributed by atoms with Gasteiger partial charge < -0.3 is 14.7 Å². The maximum Gasteiger partial charge on any atom is 0.305 e. The van der Waals surface area contributed by atoms with Gasteiger partial charge in [-0.25, -0.2) is 0 Å². The summed E-state index contributed by atoms with van der Waals surface area (Å²) in [5.74, 6) is -0.960. The van der Waals surface area contributed by atoms with Crippen molar-refractivity contribution in [1.82, 2.24) is 4.90 Å². The van der Waals surface area contributed by atoms with Gasteiger partial charge in [0.05, 0.1) is 32.5 Å². The third kappa shape index (κ3) is 2.96. The molecule has 1 N–H and O–H groups in total. The van der Waals surface area contributed by atoms with E-state index in [0.29, 0.717) is 11.3 Å². The Hall–Kier alpha value is -2.37. The van der Waals surface area contributed by atoms with E-state index in [4.69, 9.17) is 9.84 Å². The van der Waals surface area contributed by atoms with E-state index >= 15 is 0 Å². The summed E-state index contributed by atoms with van der Waals surface area (Å²) in [7, 11) is 1.51. The van der Waals surface area contributed by atoms with Crippen LogP contribution in [0.2, 0.25) is 0 Å². The van der Waals surface area contributed by atoms with Crippen molar-refractivity contribution in [3.8, 4) is 5.75 Å². The fourth-order valence-electron chi connectivity index (χ4n) is 2.31. The van der Waals surface area contributed by atoms with Crippen LogP contribution in [-0.2, 0) is 14.4 Å². The monoisotopic (exact) mass is 277 g/mol. The van der Waals surface area contributed by atoms with Crippen LogP contribution >= 0.6 is 0 Å². The molecular weight excluding hydrogens is 262 g/mol. The number of hydrogen-bond donors (Lipinski definition) is 1. The number of carbonyl (C=O) groups is 3. The van der Waals surface area contributed by atoms with Crippen molar-refractivity contribution >= 4 is 17.7 Å². The first-order valence-electron chi connectivity index (χ1n) is 6.18. The molecule has 1 amide bonds. The van der Waals surface area contributed by atoms with Gasteiger partial charge in [0.15, 0.2) is 5.78 Å². The molecule has 1 aromatic rings. The van der Waals surface area contributed by atoms with E-state index in [-0.39, 0.29) is 31.1 Å². The highest BCUT2D eigenvalue weighted by Crippen LogP contribution is 2.30. The molecule has 6 nitrogen and oxygen atoms in total. The van der Waals surface area contributed by atoms with Crippen LogP contribution in [0.15, 0.2) is 24.3 Å². The molecule has 0 aromatic heterocycles. The van der Waals surface area contributed by atoms with Gasteiger partial charge in [0, 0.05) is 0 Å². The highest BCUT2D eigenvalue weighted by molar-refractivity contribution is 6.05. The molecule has 2 rings (SSSR count). The number of benzene rings is 1. The van der Waals surface area contributed by atoms with Crippen LogP contribution in [0.1, 0.15) is 24.4 Å². The molecule has 1 aromatic carbocycles. The van der Waals surface area contributed by atoms with Crippen molar-refractivity contribution in [2.45, 2.75) is 18.9 Å². The number of ketones is 1. The number of ether oxygens (including phenoxy) is 1. The summed E-state index contributed by atoms with van der Waals surface area (Å²) < 4.78 is 5.10. The number of nitrogens with zero attached hydrogens (tertiary/aromatic N) is 1. The van der Waals surface area contributed by atoms with Gasteiger partial charge in [0.25, 0.3) is 0 Å². The Morgan fingerprint density at radius 2 is 2.20 bits per heavy atom. The van der Waals surface area contributed by atoms with E-state index < -0.39 is 12.0 Å². The molecule has 0 saturated carbocycles. The van der Waals surface area contributed by atoms with Gasteiger partial charge in [-0.05, 0) is 17.7 Å². The third-order valence-corrected chi connectivity index (χ3v) is 3.24. The fourth-order valence-corrected chi connectivity index (χ4v) is 2.31. The van der Waals surface area contributed by atoms with Crippen LogP contribution in [0.25, 0.3) is 0 Å². The highest BCUT2D eigenvalue weighted by Gasteiger charge is 2.35. The molecular formula is C14H15NO5. The predicted octanol–water partition coefficient (Wildman–Crippen LogP) is 1.01. The van der Waals surface area contributed by atoms with Gasteiger partial charge in [0.1, 0.15) is 5.75 Å². The van der Waals surface area contributed by atoms with Crippen LogP contribution < -0.4 is 4.74 Å². The first-order valence-corrected chi connectivity index (χ1v) is 6.18. The summed E-state index contributed by atoms with van der Waals surface area (Å²) in [5, 5.41) is 9.03. The van der Waals surface area contributed by atoms with Gasteiger partial charge in [-0.1, -0.05) is 12.1 Å². The molecule has 0 spiro atoms. The number of hydrogen-bond acceptors (Lipinski definition) is 4. The van der Waals surface area contributed by atoms with Gasteiger partial charge in [-0.3, -0.25) is 14.4 Å². The van der Waals surface area contributed by atoms with E-state index in [9.17, 15) is 14.4 Å². The topological polar surface area (TPSA) is 83.9 Å². The minimum Gasteiger partial charge on any atom is -0.497 e. The van der Waals surface area contributed by atoms with Crippen LogP contribution in [-0.4, -0.2) is 41.3 Å². The second kappa shape index (κ2) is 5.73. The lowest BCUT2D eigenvalue weighted by Gasteiger charge is -2.26. The standard InChI is InChI=1S/C14H15NO5/c1-20-11-4-2-3-9(5-11)12(7-14(18)19)15-8-10(16)6-13(15)17/h2-5,12H,6-8H2,1H3,(H,18,19). The molecule has 0 aliphatic carbocycles. The number of amides is 1. The molecule has 1 unspecified atom stereocenters. The van der Waals surface area contributed by atoms with Crippen LogP contribution in [0.4, 0.5) is 0 Å². The lowest BCUT2D eigenvalue weighted by molar-refractivity contribution is -0.140. The highest BCUT2D eigenvalue weighted by atomic mass is 16.5. The number of methoxy groups -OCH3 is 1. The van der Waals surface area contributed by atoms with E-state index in [0.717, 1.165) is 0 Å². The normalized spacial score (nSPS) is 16.4. The molecule has 1 atom stereocenters. The molecule has 106 valence electrons. The number of carbonyl (C=O) groups excluding carboxylic acids is 2. The Labute approximate surface area is 115 Å². The van der Waals surface area contributed by atoms with Gasteiger partial charge in [-0.15, -0.1) is 0 Å². The maximum atomic E-state index is 11.8. The largest absolute Gasteiger partial charge is 0.497 e. The Morgan fingerprint density at radius 1 is 1.45 bits per heavy atom. The molecule has 1 fully saturated rings. The summed E-state index contributed by atoms with van der Waals surface area (Å²) in [5.41, 5.74) is 0.648. The zero-order chi connectivity index (χ0) is 14.7. The SMILES string of the molecule is COc1cccc(C(CC(=O)O)N2CC(=O)CC2=O)c1. The summed E-state index contributed by atoms with van der Waals surface area (Å²) in [6, 6.07) is 6.22. The van der Waals surface area contributed by atoms with Crippen molar-refractivity contribution < 1.29 is 24.2 Å². The van der Waals surface area contributed by atoms with Crippen LogP contribution in [0.5, 0.6) is 5.75 Å². The molecule has 1 aliphatic heterocycles. The Balaban J connectivity index is 2.33. The molecule has 0 radical (unpaired) electrons. The first-order chi connectivity index (χ1) is 9.51. The number of carboxylic acid groups (broad SMARTS) is 1. The van der Waals surface area contributed by atoms with Crippen LogP contribution in [0.3, 0.4) is 0 Å². The van der Waals surface area contributed by atoms with E-state index in [1.165, 1.54) is 12.0 Å². The predicted molar refractivity (Wildman–Crippen MR) is 69.3 cm³/mol. The molecule has 1 aliphatic rings. The van der Waals surface area contributed by atoms with Crippen molar-refractivity contribution in [2.24, 2.45) is 0 Å². The zero-order valence-corrected chi connectivity index (χ0v) is 11.0. The average molecular weight is 277 g/mol. The molecule has 1 saturated heterocycles. The van der Waals surface area contributed by atoms with Gasteiger partial charge >= 0.3 is 5.97 Å². The number of aliphatic carboxylic acids is 1. The Bertz CT molecular complexity index is 554. The summed E-state index contributed by atoms with van der Waals surface area (Å²) in [6.45, 7) is -0.0337. The second-order valence-electron chi connectivity index (χ2n) is 4.63. The summed E-state index contributed by atoms with van der Waals surface area (Å²) >= 11 is 0. The zero-order valence-electron chi connectivity index (χ0n) is 11.0. The average Bonchev–Trinajstić information content (AvgIpc) is 2.74. The van der Waals surface area contributed by atoms with Crippen molar-refractivity contribution in [3.05, 3.63) is 29.8 Å². The van der Waals surface area contributed by atoms with Crippen LogP contribution in [0, 0.1) is 0 Å². The first kappa shape index (κ1) is 14.0. The second-order valence-corrected chi connectivity index (χ2v) is 4.63. The third-order valence-electron chi connectivity index (χ3n) is 3.24. The molecule has 1 heterocycles. The minimum absolute atomic E-state index is 0.0337. The van der Waals surface area contributed by atoms with Crippen molar-refractivity contribution in [1.29, 1.82) is 0 Å². The number of Topliss-reactive ketones (excluding diaryl/α,β-unsaturated/α-hetero) is 1. The molecule has 20 heavy (non-hydrogen) atoms. The summed E-state index contributed by atoms with van der Waals surface area (Å²) in [4.78, 5) is 35.5. The number of carboxylic acids is 1.